The number of rotatable bonds is 11. The Bertz CT molecular complexity index is 1340. The topological polar surface area (TPSA) is 114 Å². The summed E-state index contributed by atoms with van der Waals surface area (Å²) in [6, 6.07) is 24.5. The number of carboxylic acid groups (broad SMARTS) is 1. The van der Waals surface area contributed by atoms with Gasteiger partial charge in [0.2, 0.25) is 5.91 Å². The summed E-state index contributed by atoms with van der Waals surface area (Å²) in [5, 5.41) is 15.4. The van der Waals surface area contributed by atoms with E-state index < -0.39 is 35.7 Å². The summed E-state index contributed by atoms with van der Waals surface area (Å²) in [7, 11) is 0. The number of nitrogens with one attached hydrogen (secondary N) is 2. The highest BCUT2D eigenvalue weighted by Gasteiger charge is 2.40. The third-order valence-electron chi connectivity index (χ3n) is 8.18. The lowest BCUT2D eigenvalue weighted by atomic mass is 9.92. The molecule has 8 nitrogen and oxygen atoms in total. The molecule has 0 saturated heterocycles. The molecule has 2 atom stereocenters. The molecular weight excluding hydrogens is 520 g/mol. The number of carboxylic acids is 1. The molecule has 214 valence electrons. The predicted octanol–water partition coefficient (Wildman–Crippen LogP) is 5.40. The van der Waals surface area contributed by atoms with Gasteiger partial charge in [0.15, 0.2) is 6.04 Å². The summed E-state index contributed by atoms with van der Waals surface area (Å²) < 4.78 is 11.5. The first-order chi connectivity index (χ1) is 19.8. The van der Waals surface area contributed by atoms with Gasteiger partial charge in [0.25, 0.3) is 0 Å². The van der Waals surface area contributed by atoms with Crippen molar-refractivity contribution in [3.05, 3.63) is 95.6 Å². The quantitative estimate of drug-likeness (QED) is 0.291. The van der Waals surface area contributed by atoms with Crippen LogP contribution in [0.3, 0.4) is 0 Å². The molecule has 0 bridgehead atoms. The van der Waals surface area contributed by atoms with Crippen LogP contribution in [-0.2, 0) is 25.7 Å². The minimum Gasteiger partial charge on any atom is -0.480 e. The van der Waals surface area contributed by atoms with Crippen molar-refractivity contribution < 1.29 is 29.0 Å². The van der Waals surface area contributed by atoms with Crippen LogP contribution in [0, 0.1) is 0 Å². The highest BCUT2D eigenvalue weighted by atomic mass is 16.5. The molecule has 1 saturated carbocycles. The van der Waals surface area contributed by atoms with Gasteiger partial charge >= 0.3 is 12.1 Å². The summed E-state index contributed by atoms with van der Waals surface area (Å²) in [5.41, 5.74) is 4.67. The number of hydrogen-bond acceptors (Lipinski definition) is 5. The second-order valence-electron chi connectivity index (χ2n) is 11.0. The summed E-state index contributed by atoms with van der Waals surface area (Å²) in [6.45, 7) is 2.04. The Kier molecular flexibility index (Phi) is 8.69. The highest BCUT2D eigenvalue weighted by Crippen LogP contribution is 2.44. The third-order valence-corrected chi connectivity index (χ3v) is 8.18. The summed E-state index contributed by atoms with van der Waals surface area (Å²) in [6.07, 6.45) is 1.57. The molecule has 41 heavy (non-hydrogen) atoms. The van der Waals surface area contributed by atoms with Gasteiger partial charge in [-0.2, -0.15) is 0 Å². The molecule has 3 aromatic rings. The van der Waals surface area contributed by atoms with Crippen molar-refractivity contribution in [2.45, 2.75) is 69.2 Å². The minimum atomic E-state index is -1.22. The maximum absolute atomic E-state index is 13.1. The normalized spacial score (nSPS) is 16.7. The zero-order chi connectivity index (χ0) is 28.8. The van der Waals surface area contributed by atoms with E-state index in [-0.39, 0.29) is 25.6 Å². The SMILES string of the molecule is CC(OCc1ccccc1)C(NC(=O)CC1(NC(=O)OCC2c3ccccc3-c3ccccc32)CCCC1)C(=O)O. The molecule has 3 aromatic carbocycles. The van der Waals surface area contributed by atoms with E-state index in [9.17, 15) is 19.5 Å². The van der Waals surface area contributed by atoms with Crippen LogP contribution < -0.4 is 10.6 Å². The van der Waals surface area contributed by atoms with Crippen molar-refractivity contribution in [3.63, 3.8) is 0 Å². The van der Waals surface area contributed by atoms with Crippen molar-refractivity contribution in [1.29, 1.82) is 0 Å². The van der Waals surface area contributed by atoms with Gasteiger partial charge in [0.05, 0.1) is 18.2 Å². The lowest BCUT2D eigenvalue weighted by molar-refractivity contribution is -0.146. The van der Waals surface area contributed by atoms with E-state index in [2.05, 4.69) is 34.9 Å². The van der Waals surface area contributed by atoms with Crippen molar-refractivity contribution >= 4 is 18.0 Å². The molecule has 1 fully saturated rings. The van der Waals surface area contributed by atoms with Crippen LogP contribution in [0.15, 0.2) is 78.9 Å². The highest BCUT2D eigenvalue weighted by molar-refractivity contribution is 5.85. The van der Waals surface area contributed by atoms with Crippen molar-refractivity contribution in [2.75, 3.05) is 6.61 Å². The Balaban J connectivity index is 1.18. The first kappa shape index (κ1) is 28.4. The maximum atomic E-state index is 13.1. The Morgan fingerprint density at radius 2 is 1.49 bits per heavy atom. The average molecular weight is 557 g/mol. The van der Waals surface area contributed by atoms with Gasteiger partial charge in [-0.1, -0.05) is 91.7 Å². The van der Waals surface area contributed by atoms with E-state index in [1.54, 1.807) is 6.92 Å². The fourth-order valence-electron chi connectivity index (χ4n) is 6.06. The minimum absolute atomic E-state index is 0.0353. The van der Waals surface area contributed by atoms with Crippen LogP contribution in [0.5, 0.6) is 0 Å². The van der Waals surface area contributed by atoms with E-state index in [0.717, 1.165) is 40.7 Å². The van der Waals surface area contributed by atoms with E-state index in [4.69, 9.17) is 9.47 Å². The molecule has 0 heterocycles. The van der Waals surface area contributed by atoms with E-state index >= 15 is 0 Å². The lowest BCUT2D eigenvalue weighted by Gasteiger charge is -2.31. The summed E-state index contributed by atoms with van der Waals surface area (Å²) >= 11 is 0. The molecule has 2 aliphatic carbocycles. The molecule has 0 spiro atoms. The number of carbonyl (C=O) groups is 3. The molecule has 0 radical (unpaired) electrons. The maximum Gasteiger partial charge on any atom is 0.407 e. The van der Waals surface area contributed by atoms with Crippen LogP contribution in [0.25, 0.3) is 11.1 Å². The second-order valence-corrected chi connectivity index (χ2v) is 11.0. The zero-order valence-electron chi connectivity index (χ0n) is 23.2. The van der Waals surface area contributed by atoms with Gasteiger partial charge in [-0.15, -0.1) is 0 Å². The number of amides is 2. The van der Waals surface area contributed by atoms with Crippen LogP contribution in [0.2, 0.25) is 0 Å². The first-order valence-electron chi connectivity index (χ1n) is 14.2. The number of alkyl carbamates (subject to hydrolysis) is 1. The number of hydrogen-bond donors (Lipinski definition) is 3. The zero-order valence-corrected chi connectivity index (χ0v) is 23.2. The van der Waals surface area contributed by atoms with E-state index in [0.29, 0.717) is 12.8 Å². The van der Waals surface area contributed by atoms with E-state index in [1.165, 1.54) is 0 Å². The van der Waals surface area contributed by atoms with Crippen molar-refractivity contribution in [2.24, 2.45) is 0 Å². The molecule has 8 heteroatoms. The molecular formula is C33H36N2O6. The summed E-state index contributed by atoms with van der Waals surface area (Å²) in [5.74, 6) is -1.69. The Morgan fingerprint density at radius 3 is 2.10 bits per heavy atom. The molecule has 3 N–H and O–H groups in total. The number of fused-ring (bicyclic) bond motifs is 3. The smallest absolute Gasteiger partial charge is 0.407 e. The van der Waals surface area contributed by atoms with Gasteiger partial charge in [-0.3, -0.25) is 4.79 Å². The van der Waals surface area contributed by atoms with Crippen LogP contribution in [0.1, 0.15) is 61.6 Å². The second kappa shape index (κ2) is 12.6. The lowest BCUT2D eigenvalue weighted by Crippen LogP contribution is -2.53. The predicted molar refractivity (Wildman–Crippen MR) is 154 cm³/mol. The van der Waals surface area contributed by atoms with Crippen LogP contribution in [-0.4, -0.2) is 47.4 Å². The average Bonchev–Trinajstić information content (AvgIpc) is 3.56. The fraction of sp³-hybridized carbons (Fsp3) is 0.364. The third kappa shape index (κ3) is 6.60. The Labute approximate surface area is 240 Å². The number of benzene rings is 3. The van der Waals surface area contributed by atoms with Gasteiger partial charge < -0.3 is 25.2 Å². The van der Waals surface area contributed by atoms with Gasteiger partial charge in [0, 0.05) is 12.3 Å². The number of carbonyl (C=O) groups excluding carboxylic acids is 2. The van der Waals surface area contributed by atoms with Crippen molar-refractivity contribution in [1.82, 2.24) is 10.6 Å². The van der Waals surface area contributed by atoms with Crippen molar-refractivity contribution in [3.8, 4) is 11.1 Å². The monoisotopic (exact) mass is 556 g/mol. The molecule has 2 amide bonds. The van der Waals surface area contributed by atoms with Gasteiger partial charge in [-0.05, 0) is 47.6 Å². The van der Waals surface area contributed by atoms with Gasteiger partial charge in [-0.25, -0.2) is 9.59 Å². The Hall–Kier alpha value is -4.17. The first-order valence-corrected chi connectivity index (χ1v) is 14.2. The largest absolute Gasteiger partial charge is 0.480 e. The number of ether oxygens (including phenoxy) is 2. The Morgan fingerprint density at radius 1 is 0.902 bits per heavy atom. The molecule has 5 rings (SSSR count). The molecule has 2 unspecified atom stereocenters. The molecule has 0 aliphatic heterocycles. The summed E-state index contributed by atoms with van der Waals surface area (Å²) in [4.78, 5) is 38.1. The van der Waals surface area contributed by atoms with Gasteiger partial charge in [0.1, 0.15) is 6.61 Å². The molecule has 2 aliphatic rings. The number of aliphatic carboxylic acids is 1. The van der Waals surface area contributed by atoms with Crippen LogP contribution >= 0.6 is 0 Å². The molecule has 0 aromatic heterocycles. The fourth-order valence-corrected chi connectivity index (χ4v) is 6.06. The van der Waals surface area contributed by atoms with Crippen LogP contribution in [0.4, 0.5) is 4.79 Å². The standard InChI is InChI=1S/C33H36N2O6/c1-22(40-20-23-11-3-2-4-12-23)30(31(37)38)34-29(36)19-33(17-9-10-18-33)35-32(39)41-21-28-26-15-7-5-13-24(26)25-14-6-8-16-27(25)28/h2-8,11-16,22,28,30H,9-10,17-21H2,1H3,(H,34,36)(H,35,39)(H,37,38). The van der Waals surface area contributed by atoms with E-state index in [1.807, 2.05) is 54.6 Å².